The summed E-state index contributed by atoms with van der Waals surface area (Å²) in [7, 11) is 0. The number of rotatable bonds is 1. The van der Waals surface area contributed by atoms with Gasteiger partial charge in [-0.1, -0.05) is 31.6 Å². The summed E-state index contributed by atoms with van der Waals surface area (Å²) in [5, 5.41) is 0. The van der Waals surface area contributed by atoms with E-state index in [1.165, 1.54) is 26.2 Å². The van der Waals surface area contributed by atoms with Gasteiger partial charge in [-0.3, -0.25) is 4.79 Å². The van der Waals surface area contributed by atoms with E-state index in [2.05, 4.69) is 32.1 Å². The van der Waals surface area contributed by atoms with Crippen LogP contribution in [0, 0.1) is 28.6 Å². The SMILES string of the molecule is CC(=O)OC1C=C[C@@]2(C)C(CC=C3C2CC[C@@]2(C)C3CCC23OCCO3)C1. The molecule has 0 bridgehead atoms. The largest absolute Gasteiger partial charge is 0.458 e. The Hall–Kier alpha value is -1.13. The Bertz CT molecular complexity index is 703. The van der Waals surface area contributed by atoms with Gasteiger partial charge in [-0.05, 0) is 61.3 Å². The molecule has 1 spiro atoms. The number of esters is 1. The second-order valence-corrected chi connectivity index (χ2v) is 9.80. The van der Waals surface area contributed by atoms with Crippen LogP contribution in [0.15, 0.2) is 23.8 Å². The van der Waals surface area contributed by atoms with E-state index >= 15 is 0 Å². The third-order valence-electron chi connectivity index (χ3n) is 8.68. The third-order valence-corrected chi connectivity index (χ3v) is 8.68. The topological polar surface area (TPSA) is 44.8 Å². The first kappa shape index (κ1) is 17.9. The first-order valence-corrected chi connectivity index (χ1v) is 10.7. The lowest BCUT2D eigenvalue weighted by Gasteiger charge is -2.56. The van der Waals surface area contributed by atoms with E-state index in [1.807, 2.05) is 0 Å². The number of carbonyl (C=O) groups excluding carboxylic acids is 1. The molecule has 4 nitrogen and oxygen atoms in total. The number of fused-ring (bicyclic) bond motifs is 6. The molecule has 4 aliphatic carbocycles. The molecule has 2 saturated carbocycles. The molecule has 1 heterocycles. The van der Waals surface area contributed by atoms with Gasteiger partial charge in [-0.25, -0.2) is 0 Å². The quantitative estimate of drug-likeness (QED) is 0.505. The summed E-state index contributed by atoms with van der Waals surface area (Å²) in [5.41, 5.74) is 1.94. The van der Waals surface area contributed by atoms with E-state index < -0.39 is 0 Å². The molecule has 0 aromatic rings. The predicted molar refractivity (Wildman–Crippen MR) is 102 cm³/mol. The molecule has 3 fully saturated rings. The zero-order valence-electron chi connectivity index (χ0n) is 16.8. The molecule has 4 heteroatoms. The van der Waals surface area contributed by atoms with Crippen LogP contribution in [-0.4, -0.2) is 31.1 Å². The Labute approximate surface area is 162 Å². The van der Waals surface area contributed by atoms with Gasteiger partial charge in [-0.2, -0.15) is 0 Å². The van der Waals surface area contributed by atoms with Crippen molar-refractivity contribution in [2.75, 3.05) is 13.2 Å². The summed E-state index contributed by atoms with van der Waals surface area (Å²) >= 11 is 0. The summed E-state index contributed by atoms with van der Waals surface area (Å²) in [6, 6.07) is 0. The summed E-state index contributed by atoms with van der Waals surface area (Å²) in [6.07, 6.45) is 13.6. The molecule has 0 amide bonds. The van der Waals surface area contributed by atoms with E-state index in [0.29, 0.717) is 17.8 Å². The van der Waals surface area contributed by atoms with E-state index in [-0.39, 0.29) is 28.7 Å². The summed E-state index contributed by atoms with van der Waals surface area (Å²) in [6.45, 7) is 7.84. The zero-order chi connectivity index (χ0) is 18.9. The van der Waals surface area contributed by atoms with Gasteiger partial charge in [-0.15, -0.1) is 0 Å². The van der Waals surface area contributed by atoms with Crippen molar-refractivity contribution in [3.05, 3.63) is 23.8 Å². The van der Waals surface area contributed by atoms with Gasteiger partial charge >= 0.3 is 5.97 Å². The van der Waals surface area contributed by atoms with Crippen molar-refractivity contribution in [3.63, 3.8) is 0 Å². The lowest BCUT2D eigenvalue weighted by Crippen LogP contribution is -2.53. The number of hydrogen-bond acceptors (Lipinski definition) is 4. The third kappa shape index (κ3) is 2.38. The van der Waals surface area contributed by atoms with Crippen molar-refractivity contribution < 1.29 is 19.0 Å². The smallest absolute Gasteiger partial charge is 0.303 e. The van der Waals surface area contributed by atoms with E-state index in [1.54, 1.807) is 5.57 Å². The van der Waals surface area contributed by atoms with Crippen molar-refractivity contribution in [1.29, 1.82) is 0 Å². The fourth-order valence-corrected chi connectivity index (χ4v) is 7.23. The molecule has 5 aliphatic rings. The maximum atomic E-state index is 11.4. The van der Waals surface area contributed by atoms with Crippen LogP contribution >= 0.6 is 0 Å². The number of ether oxygens (including phenoxy) is 3. The molecule has 4 unspecified atom stereocenters. The fraction of sp³-hybridized carbons (Fsp3) is 0.783. The Morgan fingerprint density at radius 3 is 2.63 bits per heavy atom. The molecule has 1 aliphatic heterocycles. The average Bonchev–Trinajstić information content (AvgIpc) is 3.21. The number of carbonyl (C=O) groups is 1. The minimum absolute atomic E-state index is 0.0561. The van der Waals surface area contributed by atoms with Gasteiger partial charge in [0.05, 0.1) is 13.2 Å². The van der Waals surface area contributed by atoms with E-state index in [4.69, 9.17) is 14.2 Å². The van der Waals surface area contributed by atoms with Gasteiger partial charge in [0.2, 0.25) is 0 Å². The highest BCUT2D eigenvalue weighted by molar-refractivity contribution is 5.66. The predicted octanol–water partition coefficient (Wildman–Crippen LogP) is 4.40. The standard InChI is InChI=1S/C23H32O4/c1-15(24)27-17-6-9-21(2)16(14-17)4-5-18-19(21)7-10-22(3)20(18)8-11-23(22)25-12-13-26-23/h5-6,9,16-17,19-20H,4,7-8,10-14H2,1-3H3/t16?,17?,19?,20?,21-,22-/m0/s1. The van der Waals surface area contributed by atoms with Crippen molar-refractivity contribution >= 4 is 5.97 Å². The molecule has 0 N–H and O–H groups in total. The fourth-order valence-electron chi connectivity index (χ4n) is 7.23. The molecule has 6 atom stereocenters. The summed E-state index contributed by atoms with van der Waals surface area (Å²) in [5.74, 6) is 1.21. The van der Waals surface area contributed by atoms with Crippen molar-refractivity contribution in [2.45, 2.75) is 71.2 Å². The lowest BCUT2D eigenvalue weighted by molar-refractivity contribution is -0.230. The van der Waals surface area contributed by atoms with Crippen molar-refractivity contribution in [2.24, 2.45) is 28.6 Å². The highest BCUT2D eigenvalue weighted by Gasteiger charge is 2.65. The maximum Gasteiger partial charge on any atom is 0.303 e. The summed E-state index contributed by atoms with van der Waals surface area (Å²) < 4.78 is 17.9. The zero-order valence-corrected chi connectivity index (χ0v) is 16.8. The minimum atomic E-state index is -0.343. The molecule has 27 heavy (non-hydrogen) atoms. The molecular weight excluding hydrogens is 340 g/mol. The molecule has 1 saturated heterocycles. The molecular formula is C23H32O4. The van der Waals surface area contributed by atoms with Gasteiger partial charge < -0.3 is 14.2 Å². The number of hydrogen-bond donors (Lipinski definition) is 0. The van der Waals surface area contributed by atoms with Crippen molar-refractivity contribution in [3.8, 4) is 0 Å². The first-order chi connectivity index (χ1) is 12.9. The van der Waals surface area contributed by atoms with E-state index in [9.17, 15) is 4.79 Å². The van der Waals surface area contributed by atoms with Crippen LogP contribution < -0.4 is 0 Å². The molecule has 0 radical (unpaired) electrons. The monoisotopic (exact) mass is 372 g/mol. The van der Waals surface area contributed by atoms with Crippen LogP contribution in [0.25, 0.3) is 0 Å². The van der Waals surface area contributed by atoms with Gasteiger partial charge in [0.15, 0.2) is 5.79 Å². The summed E-state index contributed by atoms with van der Waals surface area (Å²) in [4.78, 5) is 11.4. The van der Waals surface area contributed by atoms with Crippen LogP contribution in [0.1, 0.15) is 59.3 Å². The van der Waals surface area contributed by atoms with Gasteiger partial charge in [0, 0.05) is 18.8 Å². The molecule has 0 aromatic carbocycles. The Morgan fingerprint density at radius 1 is 1.15 bits per heavy atom. The highest BCUT2D eigenvalue weighted by Crippen LogP contribution is 2.67. The minimum Gasteiger partial charge on any atom is -0.458 e. The van der Waals surface area contributed by atoms with Crippen LogP contribution in [0.2, 0.25) is 0 Å². The average molecular weight is 373 g/mol. The van der Waals surface area contributed by atoms with Crippen LogP contribution in [0.4, 0.5) is 0 Å². The normalized spacial score (nSPS) is 47.1. The molecule has 148 valence electrons. The van der Waals surface area contributed by atoms with Gasteiger partial charge in [0.1, 0.15) is 6.10 Å². The lowest BCUT2D eigenvalue weighted by atomic mass is 9.49. The second kappa shape index (κ2) is 5.93. The Balaban J connectivity index is 1.44. The Morgan fingerprint density at radius 2 is 1.89 bits per heavy atom. The van der Waals surface area contributed by atoms with Crippen molar-refractivity contribution in [1.82, 2.24) is 0 Å². The van der Waals surface area contributed by atoms with Crippen LogP contribution in [-0.2, 0) is 19.0 Å². The maximum absolute atomic E-state index is 11.4. The first-order valence-electron chi connectivity index (χ1n) is 10.7. The Kier molecular flexibility index (Phi) is 3.94. The van der Waals surface area contributed by atoms with Crippen LogP contribution in [0.3, 0.4) is 0 Å². The molecule has 0 aromatic heterocycles. The second-order valence-electron chi connectivity index (χ2n) is 9.80. The number of allylic oxidation sites excluding steroid dienone is 3. The van der Waals surface area contributed by atoms with Crippen LogP contribution in [0.5, 0.6) is 0 Å². The van der Waals surface area contributed by atoms with E-state index in [0.717, 1.165) is 32.5 Å². The molecule has 5 rings (SSSR count). The van der Waals surface area contributed by atoms with Gasteiger partial charge in [0.25, 0.3) is 0 Å². The highest BCUT2D eigenvalue weighted by atomic mass is 16.7.